The van der Waals surface area contributed by atoms with Crippen LogP contribution in [0, 0.1) is 6.92 Å². The minimum absolute atomic E-state index is 0.0398. The van der Waals surface area contributed by atoms with Crippen LogP contribution >= 0.6 is 0 Å². The minimum Gasteiger partial charge on any atom is -0.362 e. The van der Waals surface area contributed by atoms with Crippen LogP contribution in [0.1, 0.15) is 67.8 Å². The van der Waals surface area contributed by atoms with Gasteiger partial charge in [-0.15, -0.1) is 0 Å². The van der Waals surface area contributed by atoms with Crippen molar-refractivity contribution in [3.8, 4) is 0 Å². The number of amides is 3. The first kappa shape index (κ1) is 19.7. The van der Waals surface area contributed by atoms with E-state index in [2.05, 4.69) is 16.0 Å². The number of hydrogen-bond donors (Lipinski definition) is 3. The Labute approximate surface area is 171 Å². The van der Waals surface area contributed by atoms with Crippen LogP contribution in [-0.2, 0) is 9.59 Å². The van der Waals surface area contributed by atoms with Crippen molar-refractivity contribution >= 4 is 23.4 Å². The molecule has 0 bridgehead atoms. The molecule has 2 heterocycles. The molecule has 1 saturated heterocycles. The number of likely N-dealkylation sites (tertiary alicyclic amines) is 1. The molecule has 1 aromatic carbocycles. The van der Waals surface area contributed by atoms with Gasteiger partial charge in [0.1, 0.15) is 11.7 Å². The van der Waals surface area contributed by atoms with E-state index in [1.165, 1.54) is 0 Å². The topological polar surface area (TPSA) is 90.5 Å². The molecule has 29 heavy (non-hydrogen) atoms. The molecule has 2 aliphatic heterocycles. The van der Waals surface area contributed by atoms with E-state index in [0.717, 1.165) is 36.9 Å². The Morgan fingerprint density at radius 2 is 1.97 bits per heavy atom. The average molecular weight is 399 g/mol. The van der Waals surface area contributed by atoms with Crippen molar-refractivity contribution in [3.63, 3.8) is 0 Å². The number of anilines is 1. The van der Waals surface area contributed by atoms with E-state index in [1.807, 2.05) is 25.1 Å². The largest absolute Gasteiger partial charge is 0.362 e. The highest BCUT2D eigenvalue weighted by molar-refractivity contribution is 6.02. The lowest BCUT2D eigenvalue weighted by molar-refractivity contribution is -0.139. The first-order valence-corrected chi connectivity index (χ1v) is 10.7. The van der Waals surface area contributed by atoms with Crippen LogP contribution in [-0.4, -0.2) is 46.9 Å². The summed E-state index contributed by atoms with van der Waals surface area (Å²) < 4.78 is 0. The fraction of sp³-hybridized carbons (Fsp3) is 0.591. The van der Waals surface area contributed by atoms with Gasteiger partial charge in [-0.25, -0.2) is 0 Å². The Hall–Kier alpha value is -2.57. The Morgan fingerprint density at radius 3 is 2.72 bits per heavy atom. The molecule has 2 atom stereocenters. The normalized spacial score (nSPS) is 25.8. The zero-order chi connectivity index (χ0) is 20.6. The van der Waals surface area contributed by atoms with Crippen molar-refractivity contribution in [3.05, 3.63) is 29.3 Å². The summed E-state index contributed by atoms with van der Waals surface area (Å²) in [7, 11) is 0. The van der Waals surface area contributed by atoms with E-state index < -0.39 is 11.7 Å². The molecule has 0 unspecified atom stereocenters. The highest BCUT2D eigenvalue weighted by atomic mass is 16.2. The van der Waals surface area contributed by atoms with Crippen molar-refractivity contribution in [1.29, 1.82) is 0 Å². The molecule has 1 spiro atoms. The van der Waals surface area contributed by atoms with Crippen molar-refractivity contribution < 1.29 is 14.4 Å². The van der Waals surface area contributed by atoms with Gasteiger partial charge in [0, 0.05) is 31.1 Å². The lowest BCUT2D eigenvalue weighted by atomic mass is 9.94. The van der Waals surface area contributed by atoms with Gasteiger partial charge in [-0.2, -0.15) is 0 Å². The molecule has 0 aromatic heterocycles. The molecule has 1 aromatic rings. The number of fused-ring (bicyclic) bond motifs is 1. The number of carbonyl (C=O) groups excluding carboxylic acids is 3. The zero-order valence-electron chi connectivity index (χ0n) is 17.2. The van der Waals surface area contributed by atoms with Crippen molar-refractivity contribution in [2.45, 2.75) is 76.5 Å². The molecule has 156 valence electrons. The Bertz CT molecular complexity index is 833. The maximum absolute atomic E-state index is 12.8. The van der Waals surface area contributed by atoms with E-state index in [-0.39, 0.29) is 30.2 Å². The molecule has 1 saturated carbocycles. The predicted molar refractivity (Wildman–Crippen MR) is 110 cm³/mol. The molecule has 7 nitrogen and oxygen atoms in total. The maximum atomic E-state index is 12.8. The zero-order valence-corrected chi connectivity index (χ0v) is 17.2. The molecular formula is C22H30N4O3. The minimum atomic E-state index is -0.663. The highest BCUT2D eigenvalue weighted by Crippen LogP contribution is 2.32. The second kappa shape index (κ2) is 7.69. The SMILES string of the molecule is Cc1ccc2c(c1)N[C@]1(CCC(=O)N([C@@H](C)C(=O)NC3CCCC3)CC1)NC2=O. The third-order valence-electron chi connectivity index (χ3n) is 6.56. The van der Waals surface area contributed by atoms with Gasteiger partial charge in [0.25, 0.3) is 5.91 Å². The fourth-order valence-electron chi connectivity index (χ4n) is 4.75. The van der Waals surface area contributed by atoms with Crippen LogP contribution in [0.15, 0.2) is 18.2 Å². The van der Waals surface area contributed by atoms with Gasteiger partial charge < -0.3 is 20.9 Å². The van der Waals surface area contributed by atoms with Crippen molar-refractivity contribution in [1.82, 2.24) is 15.5 Å². The quantitative estimate of drug-likeness (QED) is 0.729. The van der Waals surface area contributed by atoms with Gasteiger partial charge in [-0.1, -0.05) is 18.9 Å². The highest BCUT2D eigenvalue weighted by Gasteiger charge is 2.42. The number of benzene rings is 1. The molecule has 3 amide bonds. The summed E-state index contributed by atoms with van der Waals surface area (Å²) in [4.78, 5) is 39.8. The second-order valence-corrected chi connectivity index (χ2v) is 8.71. The van der Waals surface area contributed by atoms with E-state index in [0.29, 0.717) is 24.9 Å². The summed E-state index contributed by atoms with van der Waals surface area (Å²) in [6, 6.07) is 5.44. The third kappa shape index (κ3) is 3.95. The molecule has 7 heteroatoms. The summed E-state index contributed by atoms with van der Waals surface area (Å²) in [5.74, 6) is -0.239. The molecule has 0 radical (unpaired) electrons. The summed E-state index contributed by atoms with van der Waals surface area (Å²) >= 11 is 0. The van der Waals surface area contributed by atoms with Crippen molar-refractivity contribution in [2.24, 2.45) is 0 Å². The maximum Gasteiger partial charge on any atom is 0.255 e. The van der Waals surface area contributed by atoms with Gasteiger partial charge in [-0.3, -0.25) is 14.4 Å². The van der Waals surface area contributed by atoms with Crippen LogP contribution in [0.5, 0.6) is 0 Å². The number of carbonyl (C=O) groups is 3. The lowest BCUT2D eigenvalue weighted by Gasteiger charge is -2.40. The molecular weight excluding hydrogens is 368 g/mol. The van der Waals surface area contributed by atoms with Gasteiger partial charge in [0.15, 0.2) is 0 Å². The van der Waals surface area contributed by atoms with Crippen LogP contribution in [0.4, 0.5) is 5.69 Å². The Balaban J connectivity index is 1.47. The standard InChI is InChI=1S/C22H30N4O3/c1-14-7-8-17-18(13-14)24-22(25-21(17)29)10-9-19(27)26(12-11-22)15(2)20(28)23-16-5-3-4-6-16/h7-8,13,15-16,24H,3-6,9-12H2,1-2H3,(H,23,28)(H,25,29)/t15-,22+/m0/s1. The monoisotopic (exact) mass is 398 g/mol. The number of rotatable bonds is 3. The molecule has 4 rings (SSSR count). The molecule has 2 fully saturated rings. The van der Waals surface area contributed by atoms with E-state index in [1.54, 1.807) is 11.8 Å². The Morgan fingerprint density at radius 1 is 1.21 bits per heavy atom. The smallest absolute Gasteiger partial charge is 0.255 e. The molecule has 3 N–H and O–H groups in total. The van der Waals surface area contributed by atoms with Crippen molar-refractivity contribution in [2.75, 3.05) is 11.9 Å². The average Bonchev–Trinajstić information content (AvgIpc) is 3.13. The van der Waals surface area contributed by atoms with Crippen LogP contribution in [0.2, 0.25) is 0 Å². The first-order valence-electron chi connectivity index (χ1n) is 10.7. The van der Waals surface area contributed by atoms with Gasteiger partial charge in [-0.05, 0) is 50.8 Å². The van der Waals surface area contributed by atoms with Crippen LogP contribution in [0.25, 0.3) is 0 Å². The fourth-order valence-corrected chi connectivity index (χ4v) is 4.75. The lowest BCUT2D eigenvalue weighted by Crippen LogP contribution is -2.58. The Kier molecular flexibility index (Phi) is 5.23. The predicted octanol–water partition coefficient (Wildman–Crippen LogP) is 2.31. The number of aryl methyl sites for hydroxylation is 1. The third-order valence-corrected chi connectivity index (χ3v) is 6.56. The second-order valence-electron chi connectivity index (χ2n) is 8.71. The van der Waals surface area contributed by atoms with E-state index in [4.69, 9.17) is 0 Å². The summed E-state index contributed by atoms with van der Waals surface area (Å²) in [6.07, 6.45) is 5.68. The van der Waals surface area contributed by atoms with Gasteiger partial charge in [0.05, 0.1) is 5.56 Å². The number of nitrogens with zero attached hydrogens (tertiary/aromatic N) is 1. The van der Waals surface area contributed by atoms with Crippen LogP contribution < -0.4 is 16.0 Å². The van der Waals surface area contributed by atoms with Gasteiger partial charge >= 0.3 is 0 Å². The van der Waals surface area contributed by atoms with E-state index >= 15 is 0 Å². The summed E-state index contributed by atoms with van der Waals surface area (Å²) in [5, 5.41) is 9.66. The summed E-state index contributed by atoms with van der Waals surface area (Å²) in [6.45, 7) is 4.21. The number of hydrogen-bond acceptors (Lipinski definition) is 4. The van der Waals surface area contributed by atoms with Crippen LogP contribution in [0.3, 0.4) is 0 Å². The first-order chi connectivity index (χ1) is 13.9. The summed E-state index contributed by atoms with van der Waals surface area (Å²) in [5.41, 5.74) is 1.84. The molecule has 3 aliphatic rings. The molecule has 1 aliphatic carbocycles. The number of nitrogens with one attached hydrogen (secondary N) is 3. The van der Waals surface area contributed by atoms with Gasteiger partial charge in [0.2, 0.25) is 11.8 Å². The van der Waals surface area contributed by atoms with E-state index in [9.17, 15) is 14.4 Å².